The number of nitrogens with one attached hydrogen (secondary N) is 1. The molecule has 1 fully saturated rings. The molecular weight excluding hydrogens is 200 g/mol. The molecular formula is C13H20N2O. The van der Waals surface area contributed by atoms with Gasteiger partial charge in [-0.2, -0.15) is 0 Å². The van der Waals surface area contributed by atoms with Crippen LogP contribution >= 0.6 is 0 Å². The molecule has 1 saturated carbocycles. The van der Waals surface area contributed by atoms with Crippen LogP contribution in [0.5, 0.6) is 5.75 Å². The number of methoxy groups -OCH3 is 1. The Morgan fingerprint density at radius 3 is 3.12 bits per heavy atom. The van der Waals surface area contributed by atoms with Crippen LogP contribution in [-0.2, 0) is 0 Å². The van der Waals surface area contributed by atoms with E-state index in [2.05, 4.69) is 17.2 Å². The van der Waals surface area contributed by atoms with Crippen LogP contribution in [0, 0.1) is 5.92 Å². The van der Waals surface area contributed by atoms with Gasteiger partial charge in [-0.05, 0) is 24.8 Å². The summed E-state index contributed by atoms with van der Waals surface area (Å²) in [6.45, 7) is 2.27. The number of aromatic nitrogens is 1. The van der Waals surface area contributed by atoms with Crippen molar-refractivity contribution < 1.29 is 4.74 Å². The minimum Gasteiger partial charge on any atom is -0.497 e. The van der Waals surface area contributed by atoms with Gasteiger partial charge in [-0.3, -0.25) is 0 Å². The third kappa shape index (κ3) is 2.46. The molecule has 2 atom stereocenters. The molecule has 0 aromatic carbocycles. The van der Waals surface area contributed by atoms with E-state index in [4.69, 9.17) is 4.74 Å². The van der Waals surface area contributed by atoms with Crippen molar-refractivity contribution in [3.05, 3.63) is 18.3 Å². The zero-order chi connectivity index (χ0) is 11.4. The number of hydrogen-bond donors (Lipinski definition) is 1. The lowest BCUT2D eigenvalue weighted by Gasteiger charge is -2.20. The fourth-order valence-electron chi connectivity index (χ4n) is 2.52. The molecule has 1 aromatic rings. The lowest BCUT2D eigenvalue weighted by atomic mass is 10.0. The van der Waals surface area contributed by atoms with Crippen LogP contribution < -0.4 is 10.1 Å². The third-order valence-corrected chi connectivity index (χ3v) is 3.48. The van der Waals surface area contributed by atoms with Gasteiger partial charge in [0.2, 0.25) is 0 Å². The predicted molar refractivity (Wildman–Crippen MR) is 65.8 cm³/mol. The molecule has 2 unspecified atom stereocenters. The number of rotatable bonds is 4. The maximum absolute atomic E-state index is 5.19. The Hall–Kier alpha value is -1.25. The summed E-state index contributed by atoms with van der Waals surface area (Å²) in [4.78, 5) is 4.33. The summed E-state index contributed by atoms with van der Waals surface area (Å²) >= 11 is 0. The highest BCUT2D eigenvalue weighted by molar-refractivity contribution is 5.41. The Bertz CT molecular complexity index is 340. The van der Waals surface area contributed by atoms with Gasteiger partial charge in [0.05, 0.1) is 7.11 Å². The molecule has 0 aliphatic heterocycles. The van der Waals surface area contributed by atoms with Gasteiger partial charge in [0, 0.05) is 18.3 Å². The van der Waals surface area contributed by atoms with Gasteiger partial charge in [-0.1, -0.05) is 19.8 Å². The van der Waals surface area contributed by atoms with Crippen molar-refractivity contribution in [3.63, 3.8) is 0 Å². The first-order valence-corrected chi connectivity index (χ1v) is 6.10. The van der Waals surface area contributed by atoms with E-state index in [-0.39, 0.29) is 0 Å². The standard InChI is InChI=1S/C13H20N2O/c1-3-10-5-4-6-12(10)15-13-9-11(16-2)7-8-14-13/h7-10,12H,3-6H2,1-2H3,(H,14,15). The predicted octanol–water partition coefficient (Wildman–Crippen LogP) is 3.08. The van der Waals surface area contributed by atoms with Crippen molar-refractivity contribution in [1.82, 2.24) is 4.98 Å². The molecule has 1 heterocycles. The van der Waals surface area contributed by atoms with Gasteiger partial charge in [-0.15, -0.1) is 0 Å². The summed E-state index contributed by atoms with van der Waals surface area (Å²) in [5.41, 5.74) is 0. The molecule has 3 nitrogen and oxygen atoms in total. The first kappa shape index (κ1) is 11.2. The van der Waals surface area contributed by atoms with Crippen molar-refractivity contribution in [2.45, 2.75) is 38.6 Å². The highest BCUT2D eigenvalue weighted by Gasteiger charge is 2.25. The Balaban J connectivity index is 2.02. The number of anilines is 1. The zero-order valence-corrected chi connectivity index (χ0v) is 10.1. The fraction of sp³-hybridized carbons (Fsp3) is 0.615. The van der Waals surface area contributed by atoms with Gasteiger partial charge < -0.3 is 10.1 Å². The average Bonchev–Trinajstić information content (AvgIpc) is 2.76. The number of ether oxygens (including phenoxy) is 1. The summed E-state index contributed by atoms with van der Waals surface area (Å²) in [6.07, 6.45) is 6.98. The first-order valence-electron chi connectivity index (χ1n) is 6.10. The molecule has 3 heteroatoms. The van der Waals surface area contributed by atoms with E-state index in [1.54, 1.807) is 13.3 Å². The minimum absolute atomic E-state index is 0.588. The molecule has 0 saturated heterocycles. The highest BCUT2D eigenvalue weighted by atomic mass is 16.5. The summed E-state index contributed by atoms with van der Waals surface area (Å²) in [6, 6.07) is 4.42. The molecule has 0 spiro atoms. The molecule has 88 valence electrons. The van der Waals surface area contributed by atoms with E-state index in [1.807, 2.05) is 12.1 Å². The Kier molecular flexibility index (Phi) is 3.65. The zero-order valence-electron chi connectivity index (χ0n) is 10.1. The van der Waals surface area contributed by atoms with Crippen molar-refractivity contribution in [1.29, 1.82) is 0 Å². The monoisotopic (exact) mass is 220 g/mol. The average molecular weight is 220 g/mol. The normalized spacial score (nSPS) is 24.4. The Morgan fingerprint density at radius 2 is 2.38 bits per heavy atom. The number of pyridine rings is 1. The third-order valence-electron chi connectivity index (χ3n) is 3.48. The Morgan fingerprint density at radius 1 is 1.50 bits per heavy atom. The van der Waals surface area contributed by atoms with Crippen LogP contribution in [0.3, 0.4) is 0 Å². The summed E-state index contributed by atoms with van der Waals surface area (Å²) in [7, 11) is 1.68. The van der Waals surface area contributed by atoms with Gasteiger partial charge >= 0.3 is 0 Å². The van der Waals surface area contributed by atoms with Crippen molar-refractivity contribution >= 4 is 5.82 Å². The SMILES string of the molecule is CCC1CCCC1Nc1cc(OC)ccn1. The molecule has 0 bridgehead atoms. The second-order valence-corrected chi connectivity index (χ2v) is 4.43. The fourth-order valence-corrected chi connectivity index (χ4v) is 2.52. The smallest absolute Gasteiger partial charge is 0.129 e. The van der Waals surface area contributed by atoms with Crippen LogP contribution in [0.2, 0.25) is 0 Å². The molecule has 0 radical (unpaired) electrons. The summed E-state index contributed by atoms with van der Waals surface area (Å²) in [5.74, 6) is 2.60. The maximum Gasteiger partial charge on any atom is 0.129 e. The van der Waals surface area contributed by atoms with Gasteiger partial charge in [-0.25, -0.2) is 4.98 Å². The highest BCUT2D eigenvalue weighted by Crippen LogP contribution is 2.30. The molecule has 2 rings (SSSR count). The topological polar surface area (TPSA) is 34.1 Å². The summed E-state index contributed by atoms with van der Waals surface area (Å²) in [5, 5.41) is 3.53. The molecule has 0 amide bonds. The van der Waals surface area contributed by atoms with Crippen LogP contribution in [0.1, 0.15) is 32.6 Å². The molecule has 1 aromatic heterocycles. The molecule has 1 aliphatic carbocycles. The van der Waals surface area contributed by atoms with Gasteiger partial charge in [0.25, 0.3) is 0 Å². The van der Waals surface area contributed by atoms with Gasteiger partial charge in [0.1, 0.15) is 11.6 Å². The lowest BCUT2D eigenvalue weighted by molar-refractivity contribution is 0.414. The van der Waals surface area contributed by atoms with Crippen LogP contribution in [0.4, 0.5) is 5.82 Å². The largest absolute Gasteiger partial charge is 0.497 e. The van der Waals surface area contributed by atoms with Crippen molar-refractivity contribution in [2.75, 3.05) is 12.4 Å². The van der Waals surface area contributed by atoms with E-state index in [0.29, 0.717) is 6.04 Å². The second-order valence-electron chi connectivity index (χ2n) is 4.43. The van der Waals surface area contributed by atoms with Crippen LogP contribution in [0.25, 0.3) is 0 Å². The molecule has 16 heavy (non-hydrogen) atoms. The van der Waals surface area contributed by atoms with E-state index in [0.717, 1.165) is 17.5 Å². The van der Waals surface area contributed by atoms with E-state index < -0.39 is 0 Å². The molecule has 1 N–H and O–H groups in total. The second kappa shape index (κ2) is 5.19. The van der Waals surface area contributed by atoms with Crippen LogP contribution in [0.15, 0.2) is 18.3 Å². The van der Waals surface area contributed by atoms with Crippen molar-refractivity contribution in [3.8, 4) is 5.75 Å². The first-order chi connectivity index (χ1) is 7.83. The maximum atomic E-state index is 5.19. The Labute approximate surface area is 97.2 Å². The van der Waals surface area contributed by atoms with Crippen LogP contribution in [-0.4, -0.2) is 18.1 Å². The lowest BCUT2D eigenvalue weighted by Crippen LogP contribution is -2.23. The van der Waals surface area contributed by atoms with Crippen molar-refractivity contribution in [2.24, 2.45) is 5.92 Å². The van der Waals surface area contributed by atoms with E-state index >= 15 is 0 Å². The summed E-state index contributed by atoms with van der Waals surface area (Å²) < 4.78 is 5.19. The van der Waals surface area contributed by atoms with E-state index in [1.165, 1.54) is 25.7 Å². The molecule has 1 aliphatic rings. The number of hydrogen-bond acceptors (Lipinski definition) is 3. The van der Waals surface area contributed by atoms with Gasteiger partial charge in [0.15, 0.2) is 0 Å². The quantitative estimate of drug-likeness (QED) is 0.846. The van der Waals surface area contributed by atoms with E-state index in [9.17, 15) is 0 Å². The number of nitrogens with zero attached hydrogens (tertiary/aromatic N) is 1. The minimum atomic E-state index is 0.588.